The molecule has 1 amide bonds. The van der Waals surface area contributed by atoms with Crippen LogP contribution in [0.15, 0.2) is 89.8 Å². The third-order valence-electron chi connectivity index (χ3n) is 4.96. The lowest BCUT2D eigenvalue weighted by Gasteiger charge is -2.27. The van der Waals surface area contributed by atoms with Crippen LogP contribution in [0.25, 0.3) is 11.0 Å². The van der Waals surface area contributed by atoms with E-state index in [1.807, 2.05) is 91.5 Å². The molecule has 0 aliphatic heterocycles. The zero-order valence-corrected chi connectivity index (χ0v) is 18.0. The van der Waals surface area contributed by atoms with Crippen molar-refractivity contribution in [2.75, 3.05) is 4.90 Å². The minimum Gasteiger partial charge on any atom is -0.318 e. The molecule has 0 saturated heterocycles. The van der Waals surface area contributed by atoms with E-state index in [1.54, 1.807) is 11.8 Å². The largest absolute Gasteiger partial charge is 0.318 e. The van der Waals surface area contributed by atoms with Gasteiger partial charge in [0.15, 0.2) is 0 Å². The molecule has 1 aromatic heterocycles. The highest BCUT2D eigenvalue weighted by atomic mass is 32.2. The van der Waals surface area contributed by atoms with Crippen molar-refractivity contribution in [3.63, 3.8) is 0 Å². The van der Waals surface area contributed by atoms with E-state index in [9.17, 15) is 4.79 Å². The Morgan fingerprint density at radius 2 is 1.57 bits per heavy atom. The van der Waals surface area contributed by atoms with E-state index in [0.717, 1.165) is 22.5 Å². The molecule has 3 aromatic carbocycles. The number of rotatable bonds is 7. The summed E-state index contributed by atoms with van der Waals surface area (Å²) < 4.78 is 2.06. The Balaban J connectivity index is 1.64. The number of imidazole rings is 1. The minimum atomic E-state index is 0.0605. The van der Waals surface area contributed by atoms with E-state index in [2.05, 4.69) is 16.7 Å². The quantitative estimate of drug-likeness (QED) is 0.360. The third kappa shape index (κ3) is 4.41. The predicted octanol–water partition coefficient (Wildman–Crippen LogP) is 5.77. The first-order valence-corrected chi connectivity index (χ1v) is 11.1. The zero-order valence-electron chi connectivity index (χ0n) is 17.2. The summed E-state index contributed by atoms with van der Waals surface area (Å²) in [5.41, 5.74) is 2.83. The molecule has 1 heterocycles. The van der Waals surface area contributed by atoms with Gasteiger partial charge in [0.2, 0.25) is 5.91 Å². The van der Waals surface area contributed by atoms with Crippen molar-refractivity contribution in [3.05, 3.63) is 90.8 Å². The molecule has 0 saturated carbocycles. The average molecular weight is 416 g/mol. The fourth-order valence-corrected chi connectivity index (χ4v) is 4.47. The van der Waals surface area contributed by atoms with Crippen LogP contribution in [-0.4, -0.2) is 21.5 Å². The number of fused-ring (bicyclic) bond motifs is 1. The summed E-state index contributed by atoms with van der Waals surface area (Å²) >= 11 is 1.73. The number of amides is 1. The lowest BCUT2D eigenvalue weighted by atomic mass is 10.2. The molecule has 4 aromatic rings. The highest BCUT2D eigenvalue weighted by molar-refractivity contribution is 7.98. The zero-order chi connectivity index (χ0) is 20.9. The van der Waals surface area contributed by atoms with Gasteiger partial charge < -0.3 is 9.47 Å². The molecule has 0 spiro atoms. The Hall–Kier alpha value is -3.05. The molecule has 0 radical (unpaired) electrons. The molecule has 0 aliphatic carbocycles. The molecule has 0 unspecified atom stereocenters. The van der Waals surface area contributed by atoms with Crippen LogP contribution in [0, 0.1) is 0 Å². The molecular weight excluding hydrogens is 390 g/mol. The van der Waals surface area contributed by atoms with Crippen LogP contribution < -0.4 is 4.90 Å². The topological polar surface area (TPSA) is 38.1 Å². The molecule has 5 heteroatoms. The second-order valence-corrected chi connectivity index (χ2v) is 8.45. The fraction of sp³-hybridized carbons (Fsp3) is 0.200. The van der Waals surface area contributed by atoms with Crippen molar-refractivity contribution < 1.29 is 4.79 Å². The molecular formula is C25H25N3OS. The van der Waals surface area contributed by atoms with E-state index < -0.39 is 0 Å². The van der Waals surface area contributed by atoms with Crippen molar-refractivity contribution in [2.24, 2.45) is 0 Å². The molecule has 0 aliphatic rings. The van der Waals surface area contributed by atoms with Gasteiger partial charge in [0, 0.05) is 16.6 Å². The lowest BCUT2D eigenvalue weighted by Crippen LogP contribution is -2.39. The number of hydrogen-bond donors (Lipinski definition) is 0. The first-order chi connectivity index (χ1) is 14.6. The number of nitrogens with zero attached hydrogens (tertiary/aromatic N) is 3. The maximum atomic E-state index is 13.4. The van der Waals surface area contributed by atoms with Crippen LogP contribution in [0.1, 0.15) is 19.7 Å². The lowest BCUT2D eigenvalue weighted by molar-refractivity contribution is -0.119. The van der Waals surface area contributed by atoms with Crippen molar-refractivity contribution in [1.29, 1.82) is 0 Å². The molecule has 0 fully saturated rings. The van der Waals surface area contributed by atoms with Gasteiger partial charge in [-0.3, -0.25) is 4.79 Å². The summed E-state index contributed by atoms with van der Waals surface area (Å²) in [6.45, 7) is 4.35. The number of anilines is 1. The summed E-state index contributed by atoms with van der Waals surface area (Å²) in [4.78, 5) is 21.3. The van der Waals surface area contributed by atoms with Gasteiger partial charge in [0.25, 0.3) is 0 Å². The Bertz CT molecular complexity index is 1120. The number of benzene rings is 3. The smallest absolute Gasteiger partial charge is 0.247 e. The first kappa shape index (κ1) is 20.2. The summed E-state index contributed by atoms with van der Waals surface area (Å²) in [6.07, 6.45) is 0. The van der Waals surface area contributed by atoms with Gasteiger partial charge in [0.05, 0.1) is 16.8 Å². The third-order valence-corrected chi connectivity index (χ3v) is 5.97. The molecule has 152 valence electrons. The van der Waals surface area contributed by atoms with E-state index >= 15 is 0 Å². The first-order valence-electron chi connectivity index (χ1n) is 10.1. The number of para-hydroxylation sites is 3. The van der Waals surface area contributed by atoms with Gasteiger partial charge in [0.1, 0.15) is 12.4 Å². The van der Waals surface area contributed by atoms with E-state index in [4.69, 9.17) is 4.98 Å². The van der Waals surface area contributed by atoms with E-state index in [-0.39, 0.29) is 18.5 Å². The van der Waals surface area contributed by atoms with Crippen LogP contribution >= 0.6 is 11.8 Å². The normalized spacial score (nSPS) is 11.2. The van der Waals surface area contributed by atoms with Gasteiger partial charge >= 0.3 is 0 Å². The maximum absolute atomic E-state index is 13.4. The van der Waals surface area contributed by atoms with Gasteiger partial charge in [-0.1, -0.05) is 48.5 Å². The summed E-state index contributed by atoms with van der Waals surface area (Å²) in [5, 5.41) is 0. The summed E-state index contributed by atoms with van der Waals surface area (Å²) in [5.74, 6) is 1.68. The van der Waals surface area contributed by atoms with E-state index in [1.165, 1.54) is 4.90 Å². The molecule has 4 nitrogen and oxygen atoms in total. The van der Waals surface area contributed by atoms with Gasteiger partial charge in [-0.2, -0.15) is 0 Å². The number of thioether (sulfide) groups is 1. The fourth-order valence-electron chi connectivity index (χ4n) is 3.61. The Morgan fingerprint density at radius 3 is 2.27 bits per heavy atom. The number of hydrogen-bond acceptors (Lipinski definition) is 3. The number of aromatic nitrogens is 2. The number of carbonyl (C=O) groups is 1. The monoisotopic (exact) mass is 415 g/mol. The second-order valence-electron chi connectivity index (χ2n) is 7.40. The average Bonchev–Trinajstić information content (AvgIpc) is 3.11. The van der Waals surface area contributed by atoms with Crippen LogP contribution in [0.5, 0.6) is 0 Å². The summed E-state index contributed by atoms with van der Waals surface area (Å²) in [6, 6.07) is 28.2. The van der Waals surface area contributed by atoms with Crippen molar-refractivity contribution in [3.8, 4) is 0 Å². The minimum absolute atomic E-state index is 0.0605. The van der Waals surface area contributed by atoms with Crippen LogP contribution in [0.2, 0.25) is 0 Å². The maximum Gasteiger partial charge on any atom is 0.247 e. The highest BCUT2D eigenvalue weighted by Crippen LogP contribution is 2.26. The van der Waals surface area contributed by atoms with Crippen molar-refractivity contribution in [1.82, 2.24) is 9.55 Å². The van der Waals surface area contributed by atoms with Crippen molar-refractivity contribution >= 4 is 34.4 Å². The molecule has 30 heavy (non-hydrogen) atoms. The number of carbonyl (C=O) groups excluding carboxylic acids is 1. The van der Waals surface area contributed by atoms with Crippen LogP contribution in [0.3, 0.4) is 0 Å². The Kier molecular flexibility index (Phi) is 6.19. The Labute approximate surface area is 181 Å². The molecule has 4 rings (SSSR count). The highest BCUT2D eigenvalue weighted by Gasteiger charge is 2.21. The van der Waals surface area contributed by atoms with Crippen LogP contribution in [0.4, 0.5) is 5.69 Å². The van der Waals surface area contributed by atoms with Gasteiger partial charge in [-0.05, 0) is 50.2 Å². The second kappa shape index (κ2) is 9.18. The standard InChI is InChI=1S/C25H25N3OS/c1-19(2)28(20-11-5-3-6-12-20)25(29)17-27-23-16-10-9-15-22(23)26-24(27)18-30-21-13-7-4-8-14-21/h3-16,19H,17-18H2,1-2H3. The molecule has 0 N–H and O–H groups in total. The Morgan fingerprint density at radius 1 is 0.933 bits per heavy atom. The van der Waals surface area contributed by atoms with E-state index in [0.29, 0.717) is 5.75 Å². The molecule has 0 bridgehead atoms. The van der Waals surface area contributed by atoms with Gasteiger partial charge in [-0.15, -0.1) is 11.8 Å². The van der Waals surface area contributed by atoms with Crippen molar-refractivity contribution in [2.45, 2.75) is 37.1 Å². The summed E-state index contributed by atoms with van der Waals surface area (Å²) in [7, 11) is 0. The molecule has 0 atom stereocenters. The van der Waals surface area contributed by atoms with Gasteiger partial charge in [-0.25, -0.2) is 4.98 Å². The van der Waals surface area contributed by atoms with Crippen LogP contribution in [-0.2, 0) is 17.1 Å². The predicted molar refractivity (Wildman–Crippen MR) is 125 cm³/mol. The SMILES string of the molecule is CC(C)N(C(=O)Cn1c(CSc2ccccc2)nc2ccccc21)c1ccccc1.